The number of aliphatic hydroxyl groups excluding tert-OH is 1. The van der Waals surface area contributed by atoms with E-state index in [0.717, 1.165) is 30.2 Å². The zero-order valence-electron chi connectivity index (χ0n) is 12.5. The van der Waals surface area contributed by atoms with Crippen LogP contribution < -0.4 is 9.47 Å². The summed E-state index contributed by atoms with van der Waals surface area (Å²) in [6, 6.07) is 5.64. The highest BCUT2D eigenvalue weighted by Gasteiger charge is 2.16. The molecule has 0 bridgehead atoms. The van der Waals surface area contributed by atoms with Crippen LogP contribution in [0.1, 0.15) is 11.7 Å². The second-order valence-electron chi connectivity index (χ2n) is 5.48. The summed E-state index contributed by atoms with van der Waals surface area (Å²) in [5, 5.41) is 10.3. The lowest BCUT2D eigenvalue weighted by Gasteiger charge is -2.24. The topological polar surface area (TPSA) is 45.2 Å². The van der Waals surface area contributed by atoms with Gasteiger partial charge in [-0.15, -0.1) is 0 Å². The van der Waals surface area contributed by atoms with E-state index in [-0.39, 0.29) is 0 Å². The highest BCUT2D eigenvalue weighted by molar-refractivity contribution is 5.44. The lowest BCUT2D eigenvalue weighted by Crippen LogP contribution is -2.31. The standard InChI is InChI=1S/C15H24N2O3/c1-16(2)6-7-17(3)11-13(18)12-4-5-14-15(10-12)20-9-8-19-14/h4-5,10,13,18H,6-9,11H2,1-3H3. The Balaban J connectivity index is 1.93. The molecule has 0 spiro atoms. The Bertz CT molecular complexity index is 437. The van der Waals surface area contributed by atoms with Gasteiger partial charge in [0.25, 0.3) is 0 Å². The van der Waals surface area contributed by atoms with E-state index in [1.807, 2.05) is 39.3 Å². The molecule has 0 fully saturated rings. The smallest absolute Gasteiger partial charge is 0.161 e. The molecule has 2 rings (SSSR count). The summed E-state index contributed by atoms with van der Waals surface area (Å²) in [6.07, 6.45) is -0.516. The summed E-state index contributed by atoms with van der Waals surface area (Å²) in [5.41, 5.74) is 0.867. The van der Waals surface area contributed by atoms with Crippen LogP contribution >= 0.6 is 0 Å². The SMILES string of the molecule is CN(C)CCN(C)CC(O)c1ccc2c(c1)OCCO2. The molecule has 1 heterocycles. The molecule has 1 aromatic rings. The van der Waals surface area contributed by atoms with Gasteiger partial charge >= 0.3 is 0 Å². The van der Waals surface area contributed by atoms with E-state index >= 15 is 0 Å². The second kappa shape index (κ2) is 6.92. The Morgan fingerprint density at radius 1 is 1.10 bits per heavy atom. The summed E-state index contributed by atoms with van der Waals surface area (Å²) in [7, 11) is 6.11. The third kappa shape index (κ3) is 4.10. The predicted molar refractivity (Wildman–Crippen MR) is 78.4 cm³/mol. The number of fused-ring (bicyclic) bond motifs is 1. The van der Waals surface area contributed by atoms with Crippen LogP contribution in [0, 0.1) is 0 Å². The molecule has 1 aromatic carbocycles. The van der Waals surface area contributed by atoms with Gasteiger partial charge in [-0.25, -0.2) is 0 Å². The summed E-state index contributed by atoms with van der Waals surface area (Å²) >= 11 is 0. The molecule has 0 saturated heterocycles. The first-order chi connectivity index (χ1) is 9.56. The lowest BCUT2D eigenvalue weighted by atomic mass is 10.1. The molecule has 1 unspecified atom stereocenters. The highest BCUT2D eigenvalue weighted by atomic mass is 16.6. The molecule has 112 valence electrons. The minimum Gasteiger partial charge on any atom is -0.486 e. The van der Waals surface area contributed by atoms with Crippen LogP contribution in [0.25, 0.3) is 0 Å². The summed E-state index contributed by atoms with van der Waals surface area (Å²) < 4.78 is 11.0. The Morgan fingerprint density at radius 2 is 1.80 bits per heavy atom. The maximum Gasteiger partial charge on any atom is 0.161 e. The average molecular weight is 280 g/mol. The first kappa shape index (κ1) is 15.1. The van der Waals surface area contributed by atoms with Gasteiger partial charge in [0.1, 0.15) is 13.2 Å². The number of likely N-dealkylation sites (N-methyl/N-ethyl adjacent to an activating group) is 2. The fourth-order valence-corrected chi connectivity index (χ4v) is 2.13. The lowest BCUT2D eigenvalue weighted by molar-refractivity contribution is 0.121. The molecule has 1 atom stereocenters. The summed E-state index contributed by atoms with van der Waals surface area (Å²) in [6.45, 7) is 3.66. The zero-order valence-corrected chi connectivity index (χ0v) is 12.5. The largest absolute Gasteiger partial charge is 0.486 e. The van der Waals surface area contributed by atoms with Crippen LogP contribution in [-0.4, -0.2) is 68.9 Å². The quantitative estimate of drug-likeness (QED) is 0.842. The van der Waals surface area contributed by atoms with Crippen molar-refractivity contribution in [2.75, 3.05) is 54.0 Å². The number of ether oxygens (including phenoxy) is 2. The van der Waals surface area contributed by atoms with Gasteiger partial charge < -0.3 is 24.4 Å². The van der Waals surface area contributed by atoms with E-state index in [9.17, 15) is 5.11 Å². The third-order valence-corrected chi connectivity index (χ3v) is 3.36. The molecule has 20 heavy (non-hydrogen) atoms. The number of hydrogen-bond acceptors (Lipinski definition) is 5. The molecule has 0 aliphatic carbocycles. The van der Waals surface area contributed by atoms with Gasteiger partial charge in [0.15, 0.2) is 11.5 Å². The fourth-order valence-electron chi connectivity index (χ4n) is 2.13. The first-order valence-electron chi connectivity index (χ1n) is 6.97. The summed E-state index contributed by atoms with van der Waals surface area (Å²) in [4.78, 5) is 4.26. The van der Waals surface area contributed by atoms with Crippen molar-refractivity contribution in [3.8, 4) is 11.5 Å². The van der Waals surface area contributed by atoms with Crippen molar-refractivity contribution in [1.82, 2.24) is 9.80 Å². The molecule has 5 heteroatoms. The van der Waals surface area contributed by atoms with Crippen LogP contribution in [0.3, 0.4) is 0 Å². The highest BCUT2D eigenvalue weighted by Crippen LogP contribution is 2.32. The van der Waals surface area contributed by atoms with Gasteiger partial charge in [0.2, 0.25) is 0 Å². The van der Waals surface area contributed by atoms with Crippen molar-refractivity contribution in [1.29, 1.82) is 0 Å². The van der Waals surface area contributed by atoms with Crippen molar-refractivity contribution < 1.29 is 14.6 Å². The minimum absolute atomic E-state index is 0.516. The number of nitrogens with zero attached hydrogens (tertiary/aromatic N) is 2. The summed E-state index contributed by atoms with van der Waals surface area (Å²) in [5.74, 6) is 1.48. The fraction of sp³-hybridized carbons (Fsp3) is 0.600. The molecule has 1 aliphatic rings. The van der Waals surface area contributed by atoms with Gasteiger partial charge in [-0.3, -0.25) is 0 Å². The predicted octanol–water partition coefficient (Wildman–Crippen LogP) is 0.985. The molecule has 0 aromatic heterocycles. The van der Waals surface area contributed by atoms with E-state index in [1.165, 1.54) is 0 Å². The van der Waals surface area contributed by atoms with Gasteiger partial charge in [-0.2, -0.15) is 0 Å². The zero-order chi connectivity index (χ0) is 14.5. The van der Waals surface area contributed by atoms with Crippen molar-refractivity contribution in [3.05, 3.63) is 23.8 Å². The molecular weight excluding hydrogens is 256 g/mol. The van der Waals surface area contributed by atoms with Crippen LogP contribution in [0.5, 0.6) is 11.5 Å². The van der Waals surface area contributed by atoms with Gasteiger partial charge in [-0.1, -0.05) is 6.07 Å². The molecule has 0 amide bonds. The molecule has 5 nitrogen and oxygen atoms in total. The van der Waals surface area contributed by atoms with Gasteiger partial charge in [0.05, 0.1) is 6.10 Å². The number of benzene rings is 1. The molecular formula is C15H24N2O3. The first-order valence-corrected chi connectivity index (χ1v) is 6.97. The van der Waals surface area contributed by atoms with E-state index < -0.39 is 6.10 Å². The Kier molecular flexibility index (Phi) is 5.23. The van der Waals surface area contributed by atoms with E-state index in [4.69, 9.17) is 9.47 Å². The number of rotatable bonds is 6. The van der Waals surface area contributed by atoms with Gasteiger partial charge in [-0.05, 0) is 38.8 Å². The van der Waals surface area contributed by atoms with E-state index in [1.54, 1.807) is 0 Å². The van der Waals surface area contributed by atoms with Crippen LogP contribution in [0.2, 0.25) is 0 Å². The average Bonchev–Trinajstić information content (AvgIpc) is 2.44. The third-order valence-electron chi connectivity index (χ3n) is 3.36. The van der Waals surface area contributed by atoms with Crippen LogP contribution in [0.4, 0.5) is 0 Å². The molecule has 1 aliphatic heterocycles. The monoisotopic (exact) mass is 280 g/mol. The van der Waals surface area contributed by atoms with Crippen molar-refractivity contribution in [3.63, 3.8) is 0 Å². The Morgan fingerprint density at radius 3 is 2.50 bits per heavy atom. The number of aliphatic hydroxyl groups is 1. The van der Waals surface area contributed by atoms with E-state index in [0.29, 0.717) is 19.8 Å². The maximum atomic E-state index is 10.3. The van der Waals surface area contributed by atoms with Crippen molar-refractivity contribution >= 4 is 0 Å². The van der Waals surface area contributed by atoms with Crippen molar-refractivity contribution in [2.45, 2.75) is 6.10 Å². The normalized spacial score (nSPS) is 15.7. The Labute approximate surface area is 120 Å². The van der Waals surface area contributed by atoms with Crippen LogP contribution in [-0.2, 0) is 0 Å². The molecule has 0 radical (unpaired) electrons. The van der Waals surface area contributed by atoms with E-state index in [2.05, 4.69) is 9.80 Å². The molecule has 0 saturated carbocycles. The van der Waals surface area contributed by atoms with Gasteiger partial charge in [0, 0.05) is 19.6 Å². The number of hydrogen-bond donors (Lipinski definition) is 1. The van der Waals surface area contributed by atoms with Crippen LogP contribution in [0.15, 0.2) is 18.2 Å². The maximum absolute atomic E-state index is 10.3. The minimum atomic E-state index is -0.516. The molecule has 1 N–H and O–H groups in total. The van der Waals surface area contributed by atoms with Crippen molar-refractivity contribution in [2.24, 2.45) is 0 Å². The Hall–Kier alpha value is -1.30. The second-order valence-corrected chi connectivity index (χ2v) is 5.48.